The van der Waals surface area contributed by atoms with Gasteiger partial charge >= 0.3 is 5.97 Å². The largest absolute Gasteiger partial charge is 0.495 e. The zero-order chi connectivity index (χ0) is 18.1. The van der Waals surface area contributed by atoms with Gasteiger partial charge < -0.3 is 20.1 Å². The van der Waals surface area contributed by atoms with Crippen LogP contribution in [0.5, 0.6) is 5.75 Å². The number of amides is 2. The average Bonchev–Trinajstić information content (AvgIpc) is 2.50. The summed E-state index contributed by atoms with van der Waals surface area (Å²) in [6.45, 7) is 5.03. The Kier molecular flexibility index (Phi) is 7.74. The maximum Gasteiger partial charge on any atom is 0.306 e. The summed E-state index contributed by atoms with van der Waals surface area (Å²) in [4.78, 5) is 34.6. The number of carbonyl (C=O) groups excluding carboxylic acids is 3. The summed E-state index contributed by atoms with van der Waals surface area (Å²) in [5.41, 5.74) is 0.902. The summed E-state index contributed by atoms with van der Waals surface area (Å²) < 4.78 is 10.1. The molecular weight excluding hydrogens is 312 g/mol. The Labute approximate surface area is 141 Å². The Morgan fingerprint density at radius 2 is 1.88 bits per heavy atom. The molecule has 0 radical (unpaired) electrons. The molecular formula is C17H24N2O5. The second kappa shape index (κ2) is 9.54. The van der Waals surface area contributed by atoms with E-state index < -0.39 is 11.9 Å². The Bertz CT molecular complexity index is 599. The van der Waals surface area contributed by atoms with Crippen LogP contribution in [0, 0.1) is 5.92 Å². The Balaban J connectivity index is 2.61. The minimum atomic E-state index is -0.480. The molecule has 0 saturated heterocycles. The lowest BCUT2D eigenvalue weighted by atomic mass is 10.1. The van der Waals surface area contributed by atoms with E-state index in [4.69, 9.17) is 9.47 Å². The number of methoxy groups -OCH3 is 1. The van der Waals surface area contributed by atoms with Crippen LogP contribution in [0.2, 0.25) is 0 Å². The van der Waals surface area contributed by atoms with Crippen LogP contribution in [0.1, 0.15) is 33.6 Å². The molecule has 0 aliphatic rings. The molecule has 0 unspecified atom stereocenters. The first-order chi connectivity index (χ1) is 11.3. The third kappa shape index (κ3) is 7.13. The van der Waals surface area contributed by atoms with Gasteiger partial charge in [-0.25, -0.2) is 0 Å². The number of rotatable bonds is 8. The van der Waals surface area contributed by atoms with Crippen LogP contribution in [0.15, 0.2) is 18.2 Å². The van der Waals surface area contributed by atoms with Crippen molar-refractivity contribution in [2.24, 2.45) is 5.92 Å². The van der Waals surface area contributed by atoms with E-state index in [0.29, 0.717) is 29.5 Å². The molecule has 0 spiro atoms. The topological polar surface area (TPSA) is 93.7 Å². The van der Waals surface area contributed by atoms with Crippen molar-refractivity contribution in [2.45, 2.75) is 33.6 Å². The quantitative estimate of drug-likeness (QED) is 0.712. The summed E-state index contributed by atoms with van der Waals surface area (Å²) in [6.07, 6.45) is 0.999. The van der Waals surface area contributed by atoms with Gasteiger partial charge in [0.2, 0.25) is 5.91 Å². The fourth-order valence-corrected chi connectivity index (χ4v) is 1.90. The van der Waals surface area contributed by atoms with E-state index in [-0.39, 0.29) is 18.9 Å². The lowest BCUT2D eigenvalue weighted by molar-refractivity contribution is -0.147. The first kappa shape index (κ1) is 19.5. The number of benzene rings is 1. The molecule has 2 amide bonds. The maximum atomic E-state index is 11.9. The van der Waals surface area contributed by atoms with E-state index in [9.17, 15) is 14.4 Å². The van der Waals surface area contributed by atoms with E-state index in [0.717, 1.165) is 0 Å². The molecule has 132 valence electrons. The van der Waals surface area contributed by atoms with Crippen molar-refractivity contribution >= 4 is 29.2 Å². The minimum Gasteiger partial charge on any atom is -0.495 e. The molecule has 7 nitrogen and oxygen atoms in total. The standard InChI is InChI=1S/C17H24N2O5/c1-11(2)5-8-17(22)24-10-16(21)19-14-9-13(18-12(3)20)6-7-15(14)23-4/h6-7,9,11H,5,8,10H2,1-4H3,(H,18,20)(H,19,21). The highest BCUT2D eigenvalue weighted by atomic mass is 16.5. The Morgan fingerprint density at radius 1 is 1.17 bits per heavy atom. The van der Waals surface area contributed by atoms with Crippen molar-refractivity contribution < 1.29 is 23.9 Å². The number of nitrogens with one attached hydrogen (secondary N) is 2. The van der Waals surface area contributed by atoms with E-state index in [2.05, 4.69) is 10.6 Å². The van der Waals surface area contributed by atoms with Gasteiger partial charge in [0.05, 0.1) is 12.8 Å². The van der Waals surface area contributed by atoms with Crippen molar-refractivity contribution in [1.82, 2.24) is 0 Å². The number of esters is 1. The molecule has 0 saturated carbocycles. The molecule has 2 N–H and O–H groups in total. The van der Waals surface area contributed by atoms with Crippen molar-refractivity contribution in [2.75, 3.05) is 24.4 Å². The molecule has 0 aliphatic carbocycles. The maximum absolute atomic E-state index is 11.9. The van der Waals surface area contributed by atoms with Crippen LogP contribution in [-0.4, -0.2) is 31.5 Å². The van der Waals surface area contributed by atoms with Crippen LogP contribution in [0.4, 0.5) is 11.4 Å². The van der Waals surface area contributed by atoms with Gasteiger partial charge in [-0.1, -0.05) is 13.8 Å². The molecule has 1 rings (SSSR count). The highest BCUT2D eigenvalue weighted by Crippen LogP contribution is 2.27. The van der Waals surface area contributed by atoms with Crippen LogP contribution in [-0.2, 0) is 19.1 Å². The fourth-order valence-electron chi connectivity index (χ4n) is 1.90. The van der Waals surface area contributed by atoms with Gasteiger partial charge in [0, 0.05) is 19.0 Å². The third-order valence-electron chi connectivity index (χ3n) is 3.08. The van der Waals surface area contributed by atoms with E-state index >= 15 is 0 Å². The number of ether oxygens (including phenoxy) is 2. The monoisotopic (exact) mass is 336 g/mol. The zero-order valence-corrected chi connectivity index (χ0v) is 14.5. The first-order valence-electron chi connectivity index (χ1n) is 7.73. The van der Waals surface area contributed by atoms with Gasteiger partial charge in [0.25, 0.3) is 5.91 Å². The molecule has 0 aliphatic heterocycles. The third-order valence-corrected chi connectivity index (χ3v) is 3.08. The fraction of sp³-hybridized carbons (Fsp3) is 0.471. The second-order valence-corrected chi connectivity index (χ2v) is 5.74. The number of carbonyl (C=O) groups is 3. The number of hydrogen-bond donors (Lipinski definition) is 2. The molecule has 1 aromatic carbocycles. The molecule has 0 aromatic heterocycles. The summed E-state index contributed by atoms with van der Waals surface area (Å²) in [7, 11) is 1.47. The van der Waals surface area contributed by atoms with Crippen LogP contribution in [0.25, 0.3) is 0 Å². The molecule has 1 aromatic rings. The van der Waals surface area contributed by atoms with Crippen molar-refractivity contribution in [3.63, 3.8) is 0 Å². The van der Waals surface area contributed by atoms with Gasteiger partial charge in [-0.2, -0.15) is 0 Å². The molecule has 7 heteroatoms. The van der Waals surface area contributed by atoms with Crippen LogP contribution in [0.3, 0.4) is 0 Å². The molecule has 24 heavy (non-hydrogen) atoms. The zero-order valence-electron chi connectivity index (χ0n) is 14.5. The Morgan fingerprint density at radius 3 is 2.46 bits per heavy atom. The number of hydrogen-bond acceptors (Lipinski definition) is 5. The van der Waals surface area contributed by atoms with Crippen molar-refractivity contribution in [1.29, 1.82) is 0 Å². The van der Waals surface area contributed by atoms with Gasteiger partial charge in [-0.15, -0.1) is 0 Å². The van der Waals surface area contributed by atoms with E-state index in [1.165, 1.54) is 14.0 Å². The summed E-state index contributed by atoms with van der Waals surface area (Å²) in [6, 6.07) is 4.84. The first-order valence-corrected chi connectivity index (χ1v) is 7.73. The molecule has 0 fully saturated rings. The predicted molar refractivity (Wildman–Crippen MR) is 91.0 cm³/mol. The molecule has 0 atom stereocenters. The smallest absolute Gasteiger partial charge is 0.306 e. The summed E-state index contributed by atoms with van der Waals surface area (Å²) >= 11 is 0. The van der Waals surface area contributed by atoms with Crippen LogP contribution < -0.4 is 15.4 Å². The van der Waals surface area contributed by atoms with Crippen molar-refractivity contribution in [3.05, 3.63) is 18.2 Å². The predicted octanol–water partition coefficient (Wildman–Crippen LogP) is 2.57. The van der Waals surface area contributed by atoms with Gasteiger partial charge in [0.1, 0.15) is 5.75 Å². The highest BCUT2D eigenvalue weighted by Gasteiger charge is 2.12. The molecule has 0 heterocycles. The summed E-state index contributed by atoms with van der Waals surface area (Å²) in [5, 5.41) is 5.22. The SMILES string of the molecule is COc1ccc(NC(C)=O)cc1NC(=O)COC(=O)CCC(C)C. The van der Waals surface area contributed by atoms with Gasteiger partial charge in [-0.05, 0) is 30.5 Å². The van der Waals surface area contributed by atoms with Crippen molar-refractivity contribution in [3.8, 4) is 5.75 Å². The normalized spacial score (nSPS) is 10.2. The lowest BCUT2D eigenvalue weighted by Crippen LogP contribution is -2.21. The van der Waals surface area contributed by atoms with Gasteiger partial charge in [-0.3, -0.25) is 14.4 Å². The average molecular weight is 336 g/mol. The highest BCUT2D eigenvalue weighted by molar-refractivity contribution is 5.96. The lowest BCUT2D eigenvalue weighted by Gasteiger charge is -2.12. The van der Waals surface area contributed by atoms with Crippen LogP contribution >= 0.6 is 0 Å². The Hall–Kier alpha value is -2.57. The van der Waals surface area contributed by atoms with Gasteiger partial charge in [0.15, 0.2) is 6.61 Å². The molecule has 0 bridgehead atoms. The minimum absolute atomic E-state index is 0.225. The summed E-state index contributed by atoms with van der Waals surface area (Å²) in [5.74, 6) is -0.281. The second-order valence-electron chi connectivity index (χ2n) is 5.74. The van der Waals surface area contributed by atoms with E-state index in [1.807, 2.05) is 13.8 Å². The van der Waals surface area contributed by atoms with E-state index in [1.54, 1.807) is 18.2 Å². The number of anilines is 2.